The number of esters is 2. The minimum Gasteiger partial charge on any atom is -0.463 e. The van der Waals surface area contributed by atoms with E-state index in [1.165, 1.54) is 6.07 Å². The fraction of sp³-hybridized carbons (Fsp3) is 0.444. The van der Waals surface area contributed by atoms with Crippen molar-refractivity contribution >= 4 is 35.1 Å². The normalized spacial score (nSPS) is 10.8. The first kappa shape index (κ1) is 20.5. The standard InChI is InChI=1S/C18H22Cl2O4/c19-12-5-3-1-2-4-6-13-23-17(21)10-11-18(22)24-16-9-7-8-15(20)14-16/h7-11,14H,1-6,12-13H2/b11-10+. The second-order valence-electron chi connectivity index (χ2n) is 5.19. The Morgan fingerprint density at radius 1 is 0.958 bits per heavy atom. The number of rotatable bonds is 11. The summed E-state index contributed by atoms with van der Waals surface area (Å²) in [4.78, 5) is 23.0. The minimum absolute atomic E-state index is 0.319. The molecule has 0 heterocycles. The lowest BCUT2D eigenvalue weighted by molar-refractivity contribution is -0.138. The summed E-state index contributed by atoms with van der Waals surface area (Å²) in [6, 6.07) is 6.45. The van der Waals surface area contributed by atoms with E-state index in [-0.39, 0.29) is 0 Å². The van der Waals surface area contributed by atoms with Crippen molar-refractivity contribution in [3.8, 4) is 5.75 Å². The topological polar surface area (TPSA) is 52.6 Å². The van der Waals surface area contributed by atoms with Gasteiger partial charge in [-0.25, -0.2) is 9.59 Å². The molecule has 0 saturated heterocycles. The second kappa shape index (κ2) is 12.8. The van der Waals surface area contributed by atoms with Gasteiger partial charge in [-0.05, 0) is 31.0 Å². The van der Waals surface area contributed by atoms with E-state index >= 15 is 0 Å². The summed E-state index contributed by atoms with van der Waals surface area (Å²) in [5.74, 6) is -0.183. The van der Waals surface area contributed by atoms with E-state index in [0.717, 1.165) is 50.7 Å². The zero-order chi connectivity index (χ0) is 17.6. The molecule has 0 aromatic heterocycles. The number of alkyl halides is 1. The highest BCUT2D eigenvalue weighted by molar-refractivity contribution is 6.30. The van der Waals surface area contributed by atoms with Crippen LogP contribution in [0.1, 0.15) is 38.5 Å². The van der Waals surface area contributed by atoms with Crippen molar-refractivity contribution in [1.82, 2.24) is 0 Å². The molecular formula is C18H22Cl2O4. The predicted octanol–water partition coefficient (Wildman–Crippen LogP) is 4.92. The van der Waals surface area contributed by atoms with Gasteiger partial charge in [0.1, 0.15) is 5.75 Å². The van der Waals surface area contributed by atoms with Crippen LogP contribution in [0.15, 0.2) is 36.4 Å². The Labute approximate surface area is 152 Å². The molecule has 132 valence electrons. The Morgan fingerprint density at radius 2 is 1.62 bits per heavy atom. The van der Waals surface area contributed by atoms with Gasteiger partial charge < -0.3 is 9.47 Å². The van der Waals surface area contributed by atoms with E-state index in [1.54, 1.807) is 18.2 Å². The molecule has 0 spiro atoms. The van der Waals surface area contributed by atoms with Crippen LogP contribution in [0.25, 0.3) is 0 Å². The summed E-state index contributed by atoms with van der Waals surface area (Å²) < 4.78 is 10.0. The Morgan fingerprint density at radius 3 is 2.33 bits per heavy atom. The SMILES string of the molecule is O=C(/C=C/C(=O)Oc1cccc(Cl)c1)OCCCCCCCCCl. The van der Waals surface area contributed by atoms with Crippen molar-refractivity contribution in [3.05, 3.63) is 41.4 Å². The fourth-order valence-corrected chi connectivity index (χ4v) is 2.31. The van der Waals surface area contributed by atoms with Crippen molar-refractivity contribution < 1.29 is 19.1 Å². The molecule has 0 aliphatic carbocycles. The number of halogens is 2. The molecule has 0 N–H and O–H groups in total. The number of ether oxygens (including phenoxy) is 2. The molecule has 0 radical (unpaired) electrons. The molecule has 0 unspecified atom stereocenters. The van der Waals surface area contributed by atoms with Crippen molar-refractivity contribution in [1.29, 1.82) is 0 Å². The average Bonchev–Trinajstić information content (AvgIpc) is 2.55. The third kappa shape index (κ3) is 10.3. The summed E-state index contributed by atoms with van der Waals surface area (Å²) in [7, 11) is 0. The molecule has 1 rings (SSSR count). The van der Waals surface area contributed by atoms with Gasteiger partial charge in [0.05, 0.1) is 6.61 Å². The predicted molar refractivity (Wildman–Crippen MR) is 95.6 cm³/mol. The Hall–Kier alpha value is -1.52. The summed E-state index contributed by atoms with van der Waals surface area (Å²) >= 11 is 11.4. The number of carbonyl (C=O) groups excluding carboxylic acids is 2. The van der Waals surface area contributed by atoms with Gasteiger partial charge in [0.25, 0.3) is 0 Å². The van der Waals surface area contributed by atoms with Crippen molar-refractivity contribution in [2.75, 3.05) is 12.5 Å². The monoisotopic (exact) mass is 372 g/mol. The van der Waals surface area contributed by atoms with E-state index in [9.17, 15) is 9.59 Å². The van der Waals surface area contributed by atoms with Crippen LogP contribution in [0.4, 0.5) is 0 Å². The van der Waals surface area contributed by atoms with Crippen LogP contribution in [0, 0.1) is 0 Å². The maximum Gasteiger partial charge on any atom is 0.336 e. The van der Waals surface area contributed by atoms with Crippen LogP contribution in [0.3, 0.4) is 0 Å². The highest BCUT2D eigenvalue weighted by Crippen LogP contribution is 2.17. The van der Waals surface area contributed by atoms with Gasteiger partial charge in [-0.2, -0.15) is 0 Å². The molecule has 1 aromatic rings. The molecule has 0 amide bonds. The van der Waals surface area contributed by atoms with E-state index in [4.69, 9.17) is 32.7 Å². The van der Waals surface area contributed by atoms with Gasteiger partial charge in [0.15, 0.2) is 0 Å². The van der Waals surface area contributed by atoms with Crippen LogP contribution in [-0.2, 0) is 14.3 Å². The third-order valence-electron chi connectivity index (χ3n) is 3.14. The maximum absolute atomic E-state index is 11.6. The van der Waals surface area contributed by atoms with E-state index in [0.29, 0.717) is 23.3 Å². The van der Waals surface area contributed by atoms with Crippen LogP contribution in [0.5, 0.6) is 5.75 Å². The zero-order valence-corrected chi connectivity index (χ0v) is 15.0. The summed E-state index contributed by atoms with van der Waals surface area (Å²) in [5, 5.41) is 0.464. The van der Waals surface area contributed by atoms with E-state index in [1.807, 2.05) is 0 Å². The Balaban J connectivity index is 2.13. The van der Waals surface area contributed by atoms with Gasteiger partial charge in [-0.3, -0.25) is 0 Å². The number of carbonyl (C=O) groups is 2. The lowest BCUT2D eigenvalue weighted by Gasteiger charge is -2.03. The Bertz CT molecular complexity index is 544. The van der Waals surface area contributed by atoms with Gasteiger partial charge in [-0.15, -0.1) is 11.6 Å². The number of hydrogen-bond donors (Lipinski definition) is 0. The molecule has 1 aromatic carbocycles. The summed E-state index contributed by atoms with van der Waals surface area (Å²) in [6.07, 6.45) is 8.37. The highest BCUT2D eigenvalue weighted by Gasteiger charge is 2.03. The molecule has 4 nitrogen and oxygen atoms in total. The quantitative estimate of drug-likeness (QED) is 0.182. The minimum atomic E-state index is -0.659. The fourth-order valence-electron chi connectivity index (χ4n) is 1.94. The molecule has 24 heavy (non-hydrogen) atoms. The molecule has 0 aliphatic heterocycles. The average molecular weight is 373 g/mol. The summed E-state index contributed by atoms with van der Waals surface area (Å²) in [5.41, 5.74) is 0. The van der Waals surface area contributed by atoms with Crippen LogP contribution in [-0.4, -0.2) is 24.4 Å². The second-order valence-corrected chi connectivity index (χ2v) is 6.00. The van der Waals surface area contributed by atoms with Crippen LogP contribution in [0.2, 0.25) is 5.02 Å². The van der Waals surface area contributed by atoms with Gasteiger partial charge in [0.2, 0.25) is 0 Å². The molecule has 0 atom stereocenters. The number of benzene rings is 1. The van der Waals surface area contributed by atoms with Gasteiger partial charge >= 0.3 is 11.9 Å². The molecular weight excluding hydrogens is 351 g/mol. The largest absolute Gasteiger partial charge is 0.463 e. The van der Waals surface area contributed by atoms with Crippen molar-refractivity contribution in [3.63, 3.8) is 0 Å². The summed E-state index contributed by atoms with van der Waals surface area (Å²) in [6.45, 7) is 0.349. The number of hydrogen-bond acceptors (Lipinski definition) is 4. The van der Waals surface area contributed by atoms with Crippen LogP contribution < -0.4 is 4.74 Å². The molecule has 6 heteroatoms. The third-order valence-corrected chi connectivity index (χ3v) is 3.64. The van der Waals surface area contributed by atoms with Crippen LogP contribution >= 0.6 is 23.2 Å². The highest BCUT2D eigenvalue weighted by atomic mass is 35.5. The van der Waals surface area contributed by atoms with Gasteiger partial charge in [0, 0.05) is 23.1 Å². The Kier molecular flexibility index (Phi) is 11.0. The lowest BCUT2D eigenvalue weighted by atomic mass is 10.1. The first-order chi connectivity index (χ1) is 11.6. The van der Waals surface area contributed by atoms with Crippen molar-refractivity contribution in [2.24, 2.45) is 0 Å². The molecule has 0 bridgehead atoms. The molecule has 0 saturated carbocycles. The first-order valence-electron chi connectivity index (χ1n) is 8.00. The van der Waals surface area contributed by atoms with Crippen molar-refractivity contribution in [2.45, 2.75) is 38.5 Å². The van der Waals surface area contributed by atoms with Gasteiger partial charge in [-0.1, -0.05) is 43.4 Å². The smallest absolute Gasteiger partial charge is 0.336 e. The maximum atomic E-state index is 11.6. The van der Waals surface area contributed by atoms with E-state index in [2.05, 4.69) is 0 Å². The molecule has 0 fully saturated rings. The molecule has 0 aliphatic rings. The number of unbranched alkanes of at least 4 members (excludes halogenated alkanes) is 5. The zero-order valence-electron chi connectivity index (χ0n) is 13.5. The van der Waals surface area contributed by atoms with E-state index < -0.39 is 11.9 Å². The lowest BCUT2D eigenvalue weighted by Crippen LogP contribution is -2.07. The first-order valence-corrected chi connectivity index (χ1v) is 8.91.